The van der Waals surface area contributed by atoms with Gasteiger partial charge in [0.05, 0.1) is 18.1 Å². The Morgan fingerprint density at radius 3 is 2.32 bits per heavy atom. The maximum atomic E-state index is 13.9. The summed E-state index contributed by atoms with van der Waals surface area (Å²) in [6, 6.07) is 11.0. The third-order valence-electron chi connectivity index (χ3n) is 8.61. The van der Waals surface area contributed by atoms with Crippen LogP contribution in [0.5, 0.6) is 11.5 Å². The number of sulfone groups is 1. The number of halogens is 4. The van der Waals surface area contributed by atoms with E-state index in [1.54, 1.807) is 24.3 Å². The summed E-state index contributed by atoms with van der Waals surface area (Å²) in [5.41, 5.74) is 1.80. The molecule has 2 aromatic carbocycles. The summed E-state index contributed by atoms with van der Waals surface area (Å²) in [6.45, 7) is -1.80. The Balaban J connectivity index is 1.23. The number of hydrogen-bond donors (Lipinski definition) is 0. The first-order valence-corrected chi connectivity index (χ1v) is 19.5. The molecule has 3 heterocycles. The Morgan fingerprint density at radius 2 is 1.68 bits per heavy atom. The van der Waals surface area contributed by atoms with E-state index in [9.17, 15) is 32.0 Å². The van der Waals surface area contributed by atoms with Gasteiger partial charge in [-0.05, 0) is 60.7 Å². The van der Waals surface area contributed by atoms with Crippen LogP contribution in [0.15, 0.2) is 54.9 Å². The molecule has 17 heteroatoms. The molecule has 0 N–H and O–H groups in total. The van der Waals surface area contributed by atoms with Crippen molar-refractivity contribution in [3.8, 4) is 11.5 Å². The fraction of sp³-hybridized carbons (Fsp3) is 0.424. The molecule has 1 aromatic heterocycles. The number of pyridine rings is 1. The van der Waals surface area contributed by atoms with E-state index in [4.69, 9.17) is 32.7 Å². The SMILES string of the molecule is O=C(O[C@@H](Cc1c(Cl)c[n+]([O-])cc1Cl)c1ccc(OC(F)F)c(OCC2CC2)c1)[C@@H]1SCCN1C(=O)c1ccc(N2CCS(=O)(=O)CC2)cc1. The Kier molecular flexibility index (Phi) is 11.2. The summed E-state index contributed by atoms with van der Waals surface area (Å²) < 4.78 is 67.1. The second-order valence-corrected chi connectivity index (χ2v) is 16.5. The molecule has 0 radical (unpaired) electrons. The summed E-state index contributed by atoms with van der Waals surface area (Å²) in [7, 11) is -3.05. The molecular weight excluding hydrogens is 739 g/mol. The molecule has 0 spiro atoms. The quantitative estimate of drug-likeness (QED) is 0.136. The number of carbonyl (C=O) groups is 2. The summed E-state index contributed by atoms with van der Waals surface area (Å²) in [5, 5.41) is 11.0. The molecule has 3 fully saturated rings. The lowest BCUT2D eigenvalue weighted by Crippen LogP contribution is -2.41. The van der Waals surface area contributed by atoms with Crippen molar-refractivity contribution in [2.24, 2.45) is 5.92 Å². The van der Waals surface area contributed by atoms with E-state index in [2.05, 4.69) is 4.74 Å². The first-order valence-electron chi connectivity index (χ1n) is 15.8. The lowest BCUT2D eigenvalue weighted by atomic mass is 10.0. The third kappa shape index (κ3) is 8.85. The summed E-state index contributed by atoms with van der Waals surface area (Å²) in [5.74, 6) is -0.366. The fourth-order valence-electron chi connectivity index (χ4n) is 5.68. The van der Waals surface area contributed by atoms with Crippen LogP contribution in [-0.2, 0) is 25.8 Å². The van der Waals surface area contributed by atoms with Gasteiger partial charge in [-0.25, -0.2) is 13.2 Å². The van der Waals surface area contributed by atoms with E-state index < -0.39 is 33.9 Å². The van der Waals surface area contributed by atoms with Crippen molar-refractivity contribution in [3.63, 3.8) is 0 Å². The maximum absolute atomic E-state index is 13.9. The van der Waals surface area contributed by atoms with Gasteiger partial charge in [0.1, 0.15) is 16.1 Å². The molecule has 50 heavy (non-hydrogen) atoms. The predicted molar refractivity (Wildman–Crippen MR) is 184 cm³/mol. The van der Waals surface area contributed by atoms with Crippen LogP contribution in [0.4, 0.5) is 14.5 Å². The molecule has 0 unspecified atom stereocenters. The molecule has 2 atom stereocenters. The van der Waals surface area contributed by atoms with Gasteiger partial charge in [0.15, 0.2) is 39.1 Å². The normalized spacial score (nSPS) is 19.3. The van der Waals surface area contributed by atoms with Gasteiger partial charge in [-0.15, -0.1) is 11.8 Å². The number of aromatic nitrogens is 1. The van der Waals surface area contributed by atoms with Gasteiger partial charge in [0, 0.05) is 48.6 Å². The molecule has 11 nitrogen and oxygen atoms in total. The van der Waals surface area contributed by atoms with Crippen molar-refractivity contribution in [3.05, 3.63) is 86.8 Å². The van der Waals surface area contributed by atoms with Crippen LogP contribution < -0.4 is 19.1 Å². The Hall–Kier alpha value is -3.53. The van der Waals surface area contributed by atoms with E-state index >= 15 is 0 Å². The highest BCUT2D eigenvalue weighted by Crippen LogP contribution is 2.39. The number of carbonyl (C=O) groups excluding carboxylic acids is 2. The molecule has 3 aromatic rings. The van der Waals surface area contributed by atoms with Crippen molar-refractivity contribution < 1.29 is 45.7 Å². The standard InChI is InChI=1S/C33H33Cl2F2N3O8S2/c34-25-17-39(43)18-26(35)24(25)16-28(22-5-8-27(48-33(36)37)29(15-22)46-19-20-1-2-20)47-32(42)31-40(9-12-49-31)30(41)21-3-6-23(7-4-21)38-10-13-50(44,45)14-11-38/h3-8,15,17-18,20,28,31,33H,1-2,9-14,16,19H2/t28-,31-/m0/s1. The Labute approximate surface area is 301 Å². The third-order valence-corrected chi connectivity index (χ3v) is 12.1. The van der Waals surface area contributed by atoms with Gasteiger partial charge >= 0.3 is 12.6 Å². The molecule has 2 aliphatic heterocycles. The van der Waals surface area contributed by atoms with Gasteiger partial charge in [-0.1, -0.05) is 29.3 Å². The molecule has 268 valence electrons. The summed E-state index contributed by atoms with van der Waals surface area (Å²) in [6.07, 6.45) is 2.95. The number of thioether (sulfide) groups is 1. The number of esters is 1. The minimum Gasteiger partial charge on any atom is -0.619 e. The number of ether oxygens (including phenoxy) is 3. The van der Waals surface area contributed by atoms with E-state index in [0.717, 1.165) is 30.9 Å². The van der Waals surface area contributed by atoms with Crippen LogP contribution in [-0.4, -0.2) is 80.7 Å². The number of rotatable bonds is 12. The molecule has 0 bridgehead atoms. The van der Waals surface area contributed by atoms with Crippen molar-refractivity contribution in [1.29, 1.82) is 0 Å². The summed E-state index contributed by atoms with van der Waals surface area (Å²) >= 11 is 14.0. The number of benzene rings is 2. The smallest absolute Gasteiger partial charge is 0.387 e. The van der Waals surface area contributed by atoms with E-state index in [1.807, 2.05) is 4.90 Å². The van der Waals surface area contributed by atoms with Crippen LogP contribution >= 0.6 is 35.0 Å². The van der Waals surface area contributed by atoms with E-state index in [0.29, 0.717) is 52.8 Å². The van der Waals surface area contributed by atoms with Crippen molar-refractivity contribution in [2.45, 2.75) is 37.4 Å². The van der Waals surface area contributed by atoms with Gasteiger partial charge < -0.3 is 29.2 Å². The van der Waals surface area contributed by atoms with Crippen LogP contribution in [0, 0.1) is 11.1 Å². The number of alkyl halides is 2. The molecule has 2 saturated heterocycles. The largest absolute Gasteiger partial charge is 0.619 e. The summed E-state index contributed by atoms with van der Waals surface area (Å²) in [4.78, 5) is 30.9. The molecule has 1 saturated carbocycles. The van der Waals surface area contributed by atoms with E-state index in [1.165, 1.54) is 34.9 Å². The predicted octanol–water partition coefficient (Wildman–Crippen LogP) is 5.29. The molecular formula is C33H33Cl2F2N3O8S2. The number of anilines is 1. The highest BCUT2D eigenvalue weighted by atomic mass is 35.5. The number of hydrogen-bond acceptors (Lipinski definition) is 10. The molecule has 3 aliphatic rings. The first-order chi connectivity index (χ1) is 23.9. The lowest BCUT2D eigenvalue weighted by Gasteiger charge is -2.29. The van der Waals surface area contributed by atoms with Crippen molar-refractivity contribution >= 4 is 62.4 Å². The highest BCUT2D eigenvalue weighted by molar-refractivity contribution is 8.00. The highest BCUT2D eigenvalue weighted by Gasteiger charge is 2.38. The Morgan fingerprint density at radius 1 is 1.00 bits per heavy atom. The Bertz CT molecular complexity index is 1810. The average molecular weight is 773 g/mol. The minimum absolute atomic E-state index is 0.0260. The van der Waals surface area contributed by atoms with Crippen molar-refractivity contribution in [1.82, 2.24) is 4.90 Å². The van der Waals surface area contributed by atoms with Gasteiger partial charge in [0.2, 0.25) is 0 Å². The zero-order chi connectivity index (χ0) is 35.6. The maximum Gasteiger partial charge on any atom is 0.387 e. The van der Waals surface area contributed by atoms with Gasteiger partial charge in [-0.2, -0.15) is 13.5 Å². The first kappa shape index (κ1) is 36.3. The van der Waals surface area contributed by atoms with E-state index in [-0.39, 0.29) is 51.9 Å². The average Bonchev–Trinajstić information content (AvgIpc) is 3.77. The molecule has 1 aliphatic carbocycles. The monoisotopic (exact) mass is 771 g/mol. The number of nitrogens with zero attached hydrogens (tertiary/aromatic N) is 3. The zero-order valence-corrected chi connectivity index (χ0v) is 29.7. The van der Waals surface area contributed by atoms with Gasteiger partial charge in [-0.3, -0.25) is 4.79 Å². The van der Waals surface area contributed by atoms with Crippen LogP contribution in [0.3, 0.4) is 0 Å². The second-order valence-electron chi connectivity index (χ2n) is 12.2. The van der Waals surface area contributed by atoms with Crippen LogP contribution in [0.1, 0.15) is 40.4 Å². The second kappa shape index (κ2) is 15.4. The number of amides is 1. The molecule has 6 rings (SSSR count). The van der Waals surface area contributed by atoms with Crippen LogP contribution in [0.25, 0.3) is 0 Å². The fourth-order valence-corrected chi connectivity index (χ4v) is 8.58. The lowest BCUT2D eigenvalue weighted by molar-refractivity contribution is -0.605. The zero-order valence-electron chi connectivity index (χ0n) is 26.5. The van der Waals surface area contributed by atoms with Gasteiger partial charge in [0.25, 0.3) is 5.91 Å². The van der Waals surface area contributed by atoms with Crippen LogP contribution in [0.2, 0.25) is 10.0 Å². The topological polar surface area (TPSA) is 129 Å². The minimum atomic E-state index is -3.10. The van der Waals surface area contributed by atoms with Crippen molar-refractivity contribution in [2.75, 3.05) is 48.4 Å². The molecule has 1 amide bonds.